The highest BCUT2D eigenvalue weighted by atomic mass is 19.1. The lowest BCUT2D eigenvalue weighted by Crippen LogP contribution is -2.51. The molecule has 8 nitrogen and oxygen atoms in total. The van der Waals surface area contributed by atoms with Gasteiger partial charge in [-0.2, -0.15) is 9.97 Å². The maximum Gasteiger partial charge on any atom is 0.319 e. The Morgan fingerprint density at radius 1 is 1.11 bits per heavy atom. The number of nitrogens with one attached hydrogen (secondary N) is 1. The summed E-state index contributed by atoms with van der Waals surface area (Å²) in [4.78, 5) is 18.6. The van der Waals surface area contributed by atoms with Crippen molar-refractivity contribution in [3.63, 3.8) is 0 Å². The predicted molar refractivity (Wildman–Crippen MR) is 176 cm³/mol. The fourth-order valence-corrected chi connectivity index (χ4v) is 8.22. The van der Waals surface area contributed by atoms with E-state index >= 15 is 4.39 Å². The van der Waals surface area contributed by atoms with E-state index in [1.165, 1.54) is 12.1 Å². The first-order valence-electron chi connectivity index (χ1n) is 16.1. The zero-order valence-electron chi connectivity index (χ0n) is 26.0. The zero-order chi connectivity index (χ0) is 32.4. The monoisotopic (exact) mass is 637 g/mol. The van der Waals surface area contributed by atoms with E-state index in [1.807, 2.05) is 0 Å². The van der Waals surface area contributed by atoms with Gasteiger partial charge in [0.2, 0.25) is 0 Å². The van der Waals surface area contributed by atoms with Crippen LogP contribution in [0.15, 0.2) is 24.3 Å². The van der Waals surface area contributed by atoms with Gasteiger partial charge in [-0.3, -0.25) is 4.90 Å². The second kappa shape index (κ2) is 11.3. The number of nitrogens with zero attached hydrogens (tertiary/aromatic N) is 5. The molecule has 4 aromatic rings. The minimum Gasteiger partial charge on any atom is -0.461 e. The fourth-order valence-electron chi connectivity index (χ4n) is 8.22. The number of benzene rings is 2. The Kier molecular flexibility index (Phi) is 7.16. The van der Waals surface area contributed by atoms with E-state index in [1.54, 1.807) is 19.1 Å². The van der Waals surface area contributed by atoms with Gasteiger partial charge in [-0.25, -0.2) is 18.2 Å². The molecule has 47 heavy (non-hydrogen) atoms. The van der Waals surface area contributed by atoms with Gasteiger partial charge in [-0.15, -0.1) is 6.42 Å². The van der Waals surface area contributed by atoms with Gasteiger partial charge in [0, 0.05) is 54.8 Å². The minimum absolute atomic E-state index is 0.00108. The van der Waals surface area contributed by atoms with Gasteiger partial charge in [-0.1, -0.05) is 17.9 Å². The highest BCUT2D eigenvalue weighted by molar-refractivity contribution is 6.04. The van der Waals surface area contributed by atoms with Crippen LogP contribution in [-0.2, 0) is 0 Å². The zero-order valence-corrected chi connectivity index (χ0v) is 26.0. The molecule has 0 aliphatic carbocycles. The molecule has 0 spiro atoms. The normalized spacial score (nSPS) is 25.2. The van der Waals surface area contributed by atoms with Crippen molar-refractivity contribution in [2.24, 2.45) is 0 Å². The number of anilines is 2. The Hall–Kier alpha value is -4.58. The van der Waals surface area contributed by atoms with Crippen molar-refractivity contribution in [3.8, 4) is 41.5 Å². The van der Waals surface area contributed by atoms with Gasteiger partial charge in [0.05, 0.1) is 16.5 Å². The Labute approximate surface area is 270 Å². The first-order valence-corrected chi connectivity index (χ1v) is 16.1. The summed E-state index contributed by atoms with van der Waals surface area (Å²) in [7, 11) is 0. The number of nitrogen functional groups attached to an aromatic ring is 1. The lowest BCUT2D eigenvalue weighted by molar-refractivity contribution is 0.107. The van der Waals surface area contributed by atoms with E-state index in [4.69, 9.17) is 26.9 Å². The van der Waals surface area contributed by atoms with Crippen LogP contribution in [0.25, 0.3) is 32.9 Å². The molecule has 8 rings (SSSR count). The summed E-state index contributed by atoms with van der Waals surface area (Å²) in [6.45, 7) is 4.39. The molecule has 0 radical (unpaired) electrons. The van der Waals surface area contributed by atoms with Gasteiger partial charge in [0.15, 0.2) is 5.82 Å². The first-order chi connectivity index (χ1) is 22.8. The van der Waals surface area contributed by atoms with Crippen LogP contribution in [0, 0.1) is 35.8 Å². The van der Waals surface area contributed by atoms with Crippen molar-refractivity contribution in [3.05, 3.63) is 47.2 Å². The van der Waals surface area contributed by atoms with Crippen LogP contribution in [0.3, 0.4) is 0 Å². The number of piperazine rings is 1. The van der Waals surface area contributed by atoms with Crippen molar-refractivity contribution in [1.29, 1.82) is 0 Å². The number of nitrogens with two attached hydrogens (primary N) is 1. The van der Waals surface area contributed by atoms with E-state index in [0.717, 1.165) is 32.2 Å². The molecule has 3 N–H and O–H groups in total. The van der Waals surface area contributed by atoms with Gasteiger partial charge < -0.3 is 20.7 Å². The molecular formula is C36H34F3N7O. The summed E-state index contributed by atoms with van der Waals surface area (Å²) in [5, 5.41) is 4.86. The molecule has 0 unspecified atom stereocenters. The molecule has 0 saturated carbocycles. The quantitative estimate of drug-likeness (QED) is 0.235. The summed E-state index contributed by atoms with van der Waals surface area (Å²) < 4.78 is 53.0. The predicted octanol–water partition coefficient (Wildman–Crippen LogP) is 4.95. The standard InChI is InChI=1S/C36H34F3N7O/c1-3-6-28-30-33(31(39)32(42-28)26-14-22(40)13-20-7-10-27(38)25(4-2)29(20)26)43-35(44-34(30)45-17-23-8-9-24(18-45)41-23)47-19-36-11-5-12-46(36)16-21(37)15-36/h2,7,10,13-14,21,23-24,41H,5,8-9,11-12,15-19,40H2,1H3/t21-,23-,24+,36+/m1/s1. The van der Waals surface area contributed by atoms with Gasteiger partial charge in [0.1, 0.15) is 41.3 Å². The topological polar surface area (TPSA) is 92.4 Å². The Bertz CT molecular complexity index is 2040. The summed E-state index contributed by atoms with van der Waals surface area (Å²) in [5.74, 6) is 7.51. The number of terminal acetylenes is 1. The van der Waals surface area contributed by atoms with Crippen LogP contribution in [0.5, 0.6) is 6.01 Å². The third-order valence-electron chi connectivity index (χ3n) is 10.2. The number of alkyl halides is 1. The maximum absolute atomic E-state index is 17.1. The average molecular weight is 638 g/mol. The summed E-state index contributed by atoms with van der Waals surface area (Å²) in [6, 6.07) is 6.55. The lowest BCUT2D eigenvalue weighted by atomic mass is 9.95. The SMILES string of the molecule is C#Cc1c(F)ccc2cc(N)cc(-c3nc(C#CC)c4c(N5C[C@H]6CC[C@@H](C5)N6)nc(OC[C@@]56CCCN5C[C@H](F)C6)nc4c3F)c12. The Morgan fingerprint density at radius 3 is 2.68 bits per heavy atom. The highest BCUT2D eigenvalue weighted by Gasteiger charge is 2.49. The van der Waals surface area contributed by atoms with Crippen LogP contribution < -0.4 is 20.7 Å². The van der Waals surface area contributed by atoms with Crippen molar-refractivity contribution in [1.82, 2.24) is 25.2 Å². The second-order valence-electron chi connectivity index (χ2n) is 13.2. The van der Waals surface area contributed by atoms with Crippen LogP contribution >= 0.6 is 0 Å². The average Bonchev–Trinajstić information content (AvgIpc) is 3.71. The van der Waals surface area contributed by atoms with E-state index in [2.05, 4.69) is 37.9 Å². The molecule has 4 fully saturated rings. The molecule has 2 aromatic heterocycles. The third kappa shape index (κ3) is 4.92. The fraction of sp³-hybridized carbons (Fsp3) is 0.417. The number of pyridine rings is 1. The van der Waals surface area contributed by atoms with E-state index in [-0.39, 0.29) is 52.7 Å². The molecule has 2 aromatic carbocycles. The number of halogens is 3. The molecular weight excluding hydrogens is 603 g/mol. The Morgan fingerprint density at radius 2 is 1.91 bits per heavy atom. The van der Waals surface area contributed by atoms with Gasteiger partial charge in [0.25, 0.3) is 0 Å². The largest absolute Gasteiger partial charge is 0.461 e. The molecule has 11 heteroatoms. The summed E-state index contributed by atoms with van der Waals surface area (Å²) in [5.41, 5.74) is 6.51. The highest BCUT2D eigenvalue weighted by Crippen LogP contribution is 2.42. The smallest absolute Gasteiger partial charge is 0.319 e. The number of aromatic nitrogens is 3. The molecule has 0 amide bonds. The Balaban J connectivity index is 1.35. The third-order valence-corrected chi connectivity index (χ3v) is 10.2. The molecule has 4 saturated heterocycles. The van der Waals surface area contributed by atoms with Crippen molar-refractivity contribution in [2.45, 2.75) is 62.8 Å². The lowest BCUT2D eigenvalue weighted by Gasteiger charge is -2.35. The molecule has 4 aliphatic rings. The molecule has 4 aliphatic heterocycles. The number of rotatable bonds is 5. The first kappa shape index (κ1) is 29.8. The van der Waals surface area contributed by atoms with Crippen molar-refractivity contribution < 1.29 is 17.9 Å². The number of hydrogen-bond donors (Lipinski definition) is 2. The van der Waals surface area contributed by atoms with Crippen LogP contribution in [-0.4, -0.2) is 76.4 Å². The van der Waals surface area contributed by atoms with Gasteiger partial charge >= 0.3 is 6.01 Å². The molecule has 4 atom stereocenters. The van der Waals surface area contributed by atoms with E-state index in [0.29, 0.717) is 53.7 Å². The van der Waals surface area contributed by atoms with Gasteiger partial charge in [-0.05, 0) is 68.7 Å². The molecule has 6 heterocycles. The van der Waals surface area contributed by atoms with Crippen molar-refractivity contribution >= 4 is 33.2 Å². The summed E-state index contributed by atoms with van der Waals surface area (Å²) >= 11 is 0. The van der Waals surface area contributed by atoms with E-state index in [9.17, 15) is 8.78 Å². The van der Waals surface area contributed by atoms with Crippen molar-refractivity contribution in [2.75, 3.05) is 43.4 Å². The summed E-state index contributed by atoms with van der Waals surface area (Å²) in [6.07, 6.45) is 9.05. The molecule has 2 bridgehead atoms. The number of hydrogen-bond acceptors (Lipinski definition) is 8. The number of ether oxygens (including phenoxy) is 1. The van der Waals surface area contributed by atoms with Crippen LogP contribution in [0.2, 0.25) is 0 Å². The van der Waals surface area contributed by atoms with E-state index < -0.39 is 23.3 Å². The second-order valence-corrected chi connectivity index (χ2v) is 13.2. The molecule has 240 valence electrons. The van der Waals surface area contributed by atoms with Crippen LogP contribution in [0.1, 0.15) is 50.3 Å². The van der Waals surface area contributed by atoms with Crippen LogP contribution in [0.4, 0.5) is 24.7 Å². The minimum atomic E-state index is -0.921. The maximum atomic E-state index is 17.1. The number of fused-ring (bicyclic) bond motifs is 5.